The van der Waals surface area contributed by atoms with Crippen LogP contribution in [0.4, 0.5) is 4.79 Å². The van der Waals surface area contributed by atoms with Crippen LogP contribution >= 0.6 is 0 Å². The number of rotatable bonds is 5. The Labute approximate surface area is 88.2 Å². The fraction of sp³-hybridized carbons (Fsp3) is 0.556. The molecule has 0 aliphatic heterocycles. The summed E-state index contributed by atoms with van der Waals surface area (Å²) in [5.74, 6) is -0.609. The number of alkyl carbamates (subject to hydrolysis) is 1. The zero-order valence-corrected chi connectivity index (χ0v) is 9.03. The Bertz CT molecular complexity index is 251. The molecule has 0 rings (SSSR count). The number of amides is 1. The van der Waals surface area contributed by atoms with Crippen LogP contribution < -0.4 is 5.32 Å². The van der Waals surface area contributed by atoms with Gasteiger partial charge in [0.2, 0.25) is 6.29 Å². The second-order valence-corrected chi connectivity index (χ2v) is 2.77. The van der Waals surface area contributed by atoms with Crippen molar-refractivity contribution in [3.8, 4) is 0 Å². The van der Waals surface area contributed by atoms with Crippen LogP contribution in [-0.4, -0.2) is 32.2 Å². The Hall–Kier alpha value is -1.56. The first kappa shape index (κ1) is 13.4. The zero-order valence-electron chi connectivity index (χ0n) is 9.03. The van der Waals surface area contributed by atoms with Crippen LogP contribution in [0.5, 0.6) is 0 Å². The van der Waals surface area contributed by atoms with E-state index in [-0.39, 0.29) is 12.3 Å². The molecule has 0 fully saturated rings. The highest BCUT2D eigenvalue weighted by molar-refractivity contribution is 5.87. The van der Waals surface area contributed by atoms with Crippen molar-refractivity contribution in [2.75, 3.05) is 13.8 Å². The van der Waals surface area contributed by atoms with Gasteiger partial charge in [-0.25, -0.2) is 9.59 Å². The molecule has 0 aromatic carbocycles. The average molecular weight is 217 g/mol. The van der Waals surface area contributed by atoms with Crippen LogP contribution in [0, 0.1) is 0 Å². The van der Waals surface area contributed by atoms with E-state index in [2.05, 4.69) is 21.4 Å². The van der Waals surface area contributed by atoms with E-state index in [4.69, 9.17) is 4.74 Å². The van der Waals surface area contributed by atoms with E-state index in [9.17, 15) is 9.59 Å². The molecule has 1 N–H and O–H groups in total. The van der Waals surface area contributed by atoms with E-state index in [1.54, 1.807) is 0 Å². The van der Waals surface area contributed by atoms with Crippen LogP contribution in [0.2, 0.25) is 0 Å². The third-order valence-electron chi connectivity index (χ3n) is 1.26. The lowest BCUT2D eigenvalue weighted by molar-refractivity contribution is -0.160. The molecule has 0 aromatic heterocycles. The van der Waals surface area contributed by atoms with Crippen LogP contribution in [0.25, 0.3) is 0 Å². The maximum absolute atomic E-state index is 11.0. The minimum Gasteiger partial charge on any atom is -0.422 e. The van der Waals surface area contributed by atoms with Crippen molar-refractivity contribution in [1.82, 2.24) is 5.32 Å². The number of hydrogen-bond donors (Lipinski definition) is 1. The summed E-state index contributed by atoms with van der Waals surface area (Å²) in [5, 5.41) is 2.27. The number of ether oxygens (including phenoxy) is 3. The first-order chi connectivity index (χ1) is 6.97. The Balaban J connectivity index is 3.82. The van der Waals surface area contributed by atoms with Crippen molar-refractivity contribution in [2.45, 2.75) is 20.1 Å². The smallest absolute Gasteiger partial charge is 0.412 e. The molecule has 0 bridgehead atoms. The highest BCUT2D eigenvalue weighted by Gasteiger charge is 2.13. The number of hydrogen-bond acceptors (Lipinski definition) is 5. The quantitative estimate of drug-likeness (QED) is 0.418. The van der Waals surface area contributed by atoms with Crippen LogP contribution in [-0.2, 0) is 19.0 Å². The molecule has 0 aliphatic carbocycles. The normalized spacial score (nSPS) is 11.4. The summed E-state index contributed by atoms with van der Waals surface area (Å²) < 4.78 is 13.9. The van der Waals surface area contributed by atoms with Crippen molar-refractivity contribution < 1.29 is 23.8 Å². The highest BCUT2D eigenvalue weighted by Crippen LogP contribution is 1.99. The molecule has 1 amide bonds. The Morgan fingerprint density at radius 1 is 1.40 bits per heavy atom. The van der Waals surface area contributed by atoms with E-state index >= 15 is 0 Å². The van der Waals surface area contributed by atoms with E-state index in [1.807, 2.05) is 0 Å². The first-order valence-corrected chi connectivity index (χ1v) is 4.27. The van der Waals surface area contributed by atoms with E-state index in [0.717, 1.165) is 0 Å². The van der Waals surface area contributed by atoms with Gasteiger partial charge in [0.15, 0.2) is 0 Å². The molecule has 0 saturated heterocycles. The number of carbonyl (C=O) groups excluding carboxylic acids is 2. The second kappa shape index (κ2) is 6.83. The molecule has 0 saturated carbocycles. The lowest BCUT2D eigenvalue weighted by atomic mass is 10.4. The summed E-state index contributed by atoms with van der Waals surface area (Å²) in [7, 11) is 1.42. The van der Waals surface area contributed by atoms with Crippen molar-refractivity contribution >= 4 is 12.1 Å². The van der Waals surface area contributed by atoms with E-state index < -0.39 is 18.4 Å². The predicted molar refractivity (Wildman–Crippen MR) is 51.9 cm³/mol. The van der Waals surface area contributed by atoms with Gasteiger partial charge >= 0.3 is 12.1 Å². The molecule has 15 heavy (non-hydrogen) atoms. The lowest BCUT2D eigenvalue weighted by Crippen LogP contribution is -2.31. The largest absolute Gasteiger partial charge is 0.422 e. The molecule has 1 atom stereocenters. The number of methoxy groups -OCH3 is 1. The summed E-state index contributed by atoms with van der Waals surface area (Å²) in [6.45, 7) is 6.34. The van der Waals surface area contributed by atoms with Crippen LogP contribution in [0.15, 0.2) is 12.2 Å². The summed E-state index contributed by atoms with van der Waals surface area (Å²) in [6, 6.07) is 0. The van der Waals surface area contributed by atoms with Gasteiger partial charge < -0.3 is 14.2 Å². The molecule has 86 valence electrons. The Morgan fingerprint density at radius 2 is 2.00 bits per heavy atom. The predicted octanol–water partition coefficient (Wildman–Crippen LogP) is 0.782. The number of carbonyl (C=O) groups is 2. The fourth-order valence-corrected chi connectivity index (χ4v) is 0.599. The summed E-state index contributed by atoms with van der Waals surface area (Å²) in [4.78, 5) is 21.9. The monoisotopic (exact) mass is 217 g/mol. The fourth-order valence-electron chi connectivity index (χ4n) is 0.599. The van der Waals surface area contributed by atoms with Crippen molar-refractivity contribution in [3.05, 3.63) is 12.2 Å². The molecule has 6 nitrogen and oxygen atoms in total. The van der Waals surface area contributed by atoms with Gasteiger partial charge in [-0.2, -0.15) is 0 Å². The second-order valence-electron chi connectivity index (χ2n) is 2.77. The van der Waals surface area contributed by atoms with Crippen molar-refractivity contribution in [1.29, 1.82) is 0 Å². The topological polar surface area (TPSA) is 73.9 Å². The van der Waals surface area contributed by atoms with Crippen LogP contribution in [0.3, 0.4) is 0 Å². The molecule has 1 unspecified atom stereocenters. The SMILES string of the molecule is C=C(C)C(=O)OC(C)OC(=O)NCOC. The van der Waals surface area contributed by atoms with Gasteiger partial charge in [-0.3, -0.25) is 5.32 Å². The van der Waals surface area contributed by atoms with Crippen LogP contribution in [0.1, 0.15) is 13.8 Å². The zero-order chi connectivity index (χ0) is 11.8. The minimum atomic E-state index is -0.967. The maximum Gasteiger partial charge on any atom is 0.412 e. The highest BCUT2D eigenvalue weighted by atomic mass is 16.7. The van der Waals surface area contributed by atoms with Gasteiger partial charge in [0, 0.05) is 19.6 Å². The van der Waals surface area contributed by atoms with Crippen molar-refractivity contribution in [3.63, 3.8) is 0 Å². The third-order valence-corrected chi connectivity index (χ3v) is 1.26. The molecular weight excluding hydrogens is 202 g/mol. The van der Waals surface area contributed by atoms with E-state index in [1.165, 1.54) is 21.0 Å². The van der Waals surface area contributed by atoms with Crippen molar-refractivity contribution in [2.24, 2.45) is 0 Å². The first-order valence-electron chi connectivity index (χ1n) is 4.27. The summed E-state index contributed by atoms with van der Waals surface area (Å²) in [5.41, 5.74) is 0.239. The van der Waals surface area contributed by atoms with Gasteiger partial charge in [0.1, 0.15) is 6.73 Å². The van der Waals surface area contributed by atoms with Gasteiger partial charge in [0.05, 0.1) is 0 Å². The number of esters is 1. The molecule has 6 heteroatoms. The standard InChI is InChI=1S/C9H15NO5/c1-6(2)8(11)14-7(3)15-9(12)10-5-13-4/h7H,1,5H2,2-4H3,(H,10,12). The molecule has 0 aliphatic rings. The summed E-state index contributed by atoms with van der Waals surface area (Å²) in [6.07, 6.45) is -1.69. The lowest BCUT2D eigenvalue weighted by Gasteiger charge is -2.14. The molecule has 0 radical (unpaired) electrons. The molecule has 0 aromatic rings. The Morgan fingerprint density at radius 3 is 2.47 bits per heavy atom. The molecular formula is C9H15NO5. The van der Waals surface area contributed by atoms with Gasteiger partial charge in [-0.1, -0.05) is 6.58 Å². The van der Waals surface area contributed by atoms with E-state index in [0.29, 0.717) is 0 Å². The average Bonchev–Trinajstić information content (AvgIpc) is 2.14. The minimum absolute atomic E-state index is 0.0278. The summed E-state index contributed by atoms with van der Waals surface area (Å²) >= 11 is 0. The third kappa shape index (κ3) is 6.50. The Kier molecular flexibility index (Phi) is 6.12. The number of nitrogens with one attached hydrogen (secondary N) is 1. The maximum atomic E-state index is 11.0. The van der Waals surface area contributed by atoms with Gasteiger partial charge in [0.25, 0.3) is 0 Å². The molecule has 0 spiro atoms. The van der Waals surface area contributed by atoms with Gasteiger partial charge in [-0.05, 0) is 6.92 Å². The molecule has 0 heterocycles. The van der Waals surface area contributed by atoms with Gasteiger partial charge in [-0.15, -0.1) is 0 Å².